The van der Waals surface area contributed by atoms with E-state index in [1.807, 2.05) is 0 Å². The largest absolute Gasteiger partial charge is 0.397 e. The molecule has 0 aliphatic heterocycles. The molecule has 0 heterocycles. The molecule has 6 heteroatoms. The summed E-state index contributed by atoms with van der Waals surface area (Å²) in [6.07, 6.45) is 0. The van der Waals surface area contributed by atoms with Crippen LogP contribution in [0.2, 0.25) is 10.0 Å². The summed E-state index contributed by atoms with van der Waals surface area (Å²) in [7, 11) is 0. The van der Waals surface area contributed by atoms with Crippen LogP contribution in [-0.4, -0.2) is 0 Å². The predicted octanol–water partition coefficient (Wildman–Crippen LogP) is 5.22. The highest BCUT2D eigenvalue weighted by molar-refractivity contribution is 9.10. The van der Waals surface area contributed by atoms with Crippen molar-refractivity contribution in [2.75, 3.05) is 11.1 Å². The highest BCUT2D eigenvalue weighted by Gasteiger charge is 2.08. The molecule has 0 atom stereocenters. The number of nitrogen functional groups attached to an aromatic ring is 1. The minimum absolute atomic E-state index is 0.293. The number of halogens is 4. The quantitative estimate of drug-likeness (QED) is 0.729. The summed E-state index contributed by atoms with van der Waals surface area (Å²) in [4.78, 5) is 0. The van der Waals surface area contributed by atoms with E-state index < -0.39 is 5.82 Å². The van der Waals surface area contributed by atoms with E-state index in [1.54, 1.807) is 24.3 Å². The highest BCUT2D eigenvalue weighted by atomic mass is 79.9. The Kier molecular flexibility index (Phi) is 4.00. The summed E-state index contributed by atoms with van der Waals surface area (Å²) in [6, 6.07) is 7.82. The summed E-state index contributed by atoms with van der Waals surface area (Å²) in [5, 5.41) is 4.02. The van der Waals surface area contributed by atoms with Crippen LogP contribution in [0.1, 0.15) is 0 Å². The third kappa shape index (κ3) is 2.88. The van der Waals surface area contributed by atoms with Gasteiger partial charge in [-0.15, -0.1) is 0 Å². The first kappa shape index (κ1) is 13.5. The van der Waals surface area contributed by atoms with Crippen LogP contribution >= 0.6 is 39.1 Å². The molecule has 0 bridgehead atoms. The zero-order valence-electron chi connectivity index (χ0n) is 8.98. The van der Waals surface area contributed by atoms with Gasteiger partial charge in [0.15, 0.2) is 0 Å². The molecule has 0 radical (unpaired) electrons. The molecule has 0 aromatic heterocycles. The van der Waals surface area contributed by atoms with Crippen molar-refractivity contribution in [3.8, 4) is 0 Å². The van der Waals surface area contributed by atoms with Crippen molar-refractivity contribution in [2.24, 2.45) is 0 Å². The van der Waals surface area contributed by atoms with Crippen LogP contribution in [0, 0.1) is 5.82 Å². The summed E-state index contributed by atoms with van der Waals surface area (Å²) >= 11 is 14.9. The van der Waals surface area contributed by atoms with Gasteiger partial charge in [-0.25, -0.2) is 4.39 Å². The lowest BCUT2D eigenvalue weighted by Gasteiger charge is -2.12. The SMILES string of the molecule is Nc1cc(F)c(Br)cc1Nc1ccc(Cl)cc1Cl. The van der Waals surface area contributed by atoms with Crippen molar-refractivity contribution < 1.29 is 4.39 Å². The average molecular weight is 350 g/mol. The van der Waals surface area contributed by atoms with Crippen molar-refractivity contribution in [1.82, 2.24) is 0 Å². The molecule has 2 aromatic carbocycles. The molecule has 0 aliphatic carbocycles. The van der Waals surface area contributed by atoms with Crippen molar-refractivity contribution in [3.05, 3.63) is 50.7 Å². The van der Waals surface area contributed by atoms with Gasteiger partial charge in [-0.2, -0.15) is 0 Å². The first-order chi connectivity index (χ1) is 8.47. The Bertz CT molecular complexity index is 605. The zero-order valence-corrected chi connectivity index (χ0v) is 12.1. The molecule has 0 fully saturated rings. The Balaban J connectivity index is 2.37. The molecule has 3 N–H and O–H groups in total. The van der Waals surface area contributed by atoms with Gasteiger partial charge < -0.3 is 11.1 Å². The minimum Gasteiger partial charge on any atom is -0.397 e. The van der Waals surface area contributed by atoms with Gasteiger partial charge in [0.05, 0.1) is 26.6 Å². The van der Waals surface area contributed by atoms with E-state index in [0.29, 0.717) is 31.6 Å². The molecule has 2 nitrogen and oxygen atoms in total. The molecule has 0 unspecified atom stereocenters. The first-order valence-electron chi connectivity index (χ1n) is 4.94. The van der Waals surface area contributed by atoms with E-state index in [9.17, 15) is 4.39 Å². The molecule has 0 spiro atoms. The maximum Gasteiger partial charge on any atom is 0.139 e. The van der Waals surface area contributed by atoms with Crippen LogP contribution in [0.25, 0.3) is 0 Å². The number of hydrogen-bond acceptors (Lipinski definition) is 2. The fourth-order valence-corrected chi connectivity index (χ4v) is 2.21. The van der Waals surface area contributed by atoms with E-state index in [1.165, 1.54) is 6.07 Å². The second-order valence-electron chi connectivity index (χ2n) is 3.60. The summed E-state index contributed by atoms with van der Waals surface area (Å²) in [5.41, 5.74) is 7.23. The summed E-state index contributed by atoms with van der Waals surface area (Å²) in [5.74, 6) is -0.416. The molecule has 2 aromatic rings. The fourth-order valence-electron chi connectivity index (χ4n) is 1.41. The van der Waals surface area contributed by atoms with Crippen LogP contribution in [0.3, 0.4) is 0 Å². The van der Waals surface area contributed by atoms with Crippen LogP contribution in [0.4, 0.5) is 21.5 Å². The molecule has 0 saturated carbocycles. The third-order valence-electron chi connectivity index (χ3n) is 2.29. The Morgan fingerprint density at radius 1 is 1.11 bits per heavy atom. The Morgan fingerprint density at radius 2 is 1.83 bits per heavy atom. The van der Waals surface area contributed by atoms with Crippen molar-refractivity contribution in [2.45, 2.75) is 0 Å². The molecule has 2 rings (SSSR count). The standard InChI is InChI=1S/C12H8BrCl2FN2/c13-7-4-12(10(17)5-9(7)16)18-11-2-1-6(14)3-8(11)15/h1-5,18H,17H2. The Labute approximate surface area is 122 Å². The minimum atomic E-state index is -0.416. The Morgan fingerprint density at radius 3 is 2.50 bits per heavy atom. The second kappa shape index (κ2) is 5.34. The normalized spacial score (nSPS) is 10.4. The third-order valence-corrected chi connectivity index (χ3v) is 3.45. The van der Waals surface area contributed by atoms with E-state index in [-0.39, 0.29) is 0 Å². The van der Waals surface area contributed by atoms with Gasteiger partial charge in [0.25, 0.3) is 0 Å². The van der Waals surface area contributed by atoms with Gasteiger partial charge in [0.2, 0.25) is 0 Å². The zero-order chi connectivity index (χ0) is 13.3. The molecule has 0 saturated heterocycles. The van der Waals surface area contributed by atoms with Gasteiger partial charge in [-0.3, -0.25) is 0 Å². The number of anilines is 3. The average Bonchev–Trinajstić information content (AvgIpc) is 2.29. The van der Waals surface area contributed by atoms with E-state index in [2.05, 4.69) is 21.2 Å². The Hall–Kier alpha value is -0.970. The lowest BCUT2D eigenvalue weighted by Crippen LogP contribution is -1.98. The highest BCUT2D eigenvalue weighted by Crippen LogP contribution is 2.33. The summed E-state index contributed by atoms with van der Waals surface area (Å²) in [6.45, 7) is 0. The van der Waals surface area contributed by atoms with E-state index in [0.717, 1.165) is 0 Å². The lowest BCUT2D eigenvalue weighted by atomic mass is 10.2. The van der Waals surface area contributed by atoms with Crippen LogP contribution < -0.4 is 11.1 Å². The molecule has 18 heavy (non-hydrogen) atoms. The number of rotatable bonds is 2. The monoisotopic (exact) mass is 348 g/mol. The first-order valence-corrected chi connectivity index (χ1v) is 6.49. The number of nitrogens with two attached hydrogens (primary N) is 1. The smallest absolute Gasteiger partial charge is 0.139 e. The summed E-state index contributed by atoms with van der Waals surface area (Å²) < 4.78 is 13.6. The fraction of sp³-hybridized carbons (Fsp3) is 0. The van der Waals surface area contributed by atoms with Gasteiger partial charge in [0.1, 0.15) is 5.82 Å². The second-order valence-corrected chi connectivity index (χ2v) is 5.30. The topological polar surface area (TPSA) is 38.0 Å². The van der Waals surface area contributed by atoms with E-state index in [4.69, 9.17) is 28.9 Å². The van der Waals surface area contributed by atoms with Crippen LogP contribution in [0.5, 0.6) is 0 Å². The van der Waals surface area contributed by atoms with Crippen molar-refractivity contribution >= 4 is 56.2 Å². The van der Waals surface area contributed by atoms with Gasteiger partial charge in [-0.05, 0) is 40.2 Å². The molecular formula is C12H8BrCl2FN2. The van der Waals surface area contributed by atoms with Crippen LogP contribution in [0.15, 0.2) is 34.8 Å². The maximum absolute atomic E-state index is 13.2. The molecular weight excluding hydrogens is 342 g/mol. The number of benzene rings is 2. The van der Waals surface area contributed by atoms with Crippen molar-refractivity contribution in [3.63, 3.8) is 0 Å². The van der Waals surface area contributed by atoms with Gasteiger partial charge in [0, 0.05) is 11.1 Å². The van der Waals surface area contributed by atoms with E-state index >= 15 is 0 Å². The van der Waals surface area contributed by atoms with Crippen LogP contribution in [-0.2, 0) is 0 Å². The maximum atomic E-state index is 13.2. The molecule has 0 amide bonds. The number of nitrogens with one attached hydrogen (secondary N) is 1. The van der Waals surface area contributed by atoms with Gasteiger partial charge >= 0.3 is 0 Å². The molecule has 0 aliphatic rings. The lowest BCUT2D eigenvalue weighted by molar-refractivity contribution is 0.622. The van der Waals surface area contributed by atoms with Gasteiger partial charge in [-0.1, -0.05) is 23.2 Å². The predicted molar refractivity (Wildman–Crippen MR) is 78.3 cm³/mol. The molecule has 94 valence electrons. The number of hydrogen-bond donors (Lipinski definition) is 2. The van der Waals surface area contributed by atoms with Crippen molar-refractivity contribution in [1.29, 1.82) is 0 Å².